The molecule has 0 radical (unpaired) electrons. The average Bonchev–Trinajstić information content (AvgIpc) is 3.08. The van der Waals surface area contributed by atoms with Gasteiger partial charge in [-0.1, -0.05) is 18.2 Å². The molecule has 1 saturated carbocycles. The average molecular weight is 232 g/mol. The van der Waals surface area contributed by atoms with Crippen LogP contribution in [0.25, 0.3) is 0 Å². The summed E-state index contributed by atoms with van der Waals surface area (Å²) in [6, 6.07) is 0. The highest BCUT2D eigenvalue weighted by atomic mass is 16.2. The van der Waals surface area contributed by atoms with Crippen molar-refractivity contribution in [3.05, 3.63) is 23.8 Å². The van der Waals surface area contributed by atoms with Gasteiger partial charge in [0.1, 0.15) is 5.54 Å². The fourth-order valence-electron chi connectivity index (χ4n) is 2.50. The molecule has 1 heterocycles. The Morgan fingerprint density at radius 3 is 2.76 bits per heavy atom. The van der Waals surface area contributed by atoms with Crippen molar-refractivity contribution in [3.8, 4) is 0 Å². The van der Waals surface area contributed by atoms with E-state index in [1.54, 1.807) is 4.90 Å². The molecule has 1 saturated heterocycles. The number of hydrogen-bond acceptors (Lipinski definition) is 2. The molecule has 0 aromatic heterocycles. The molecule has 0 atom stereocenters. The number of nitrogens with zero attached hydrogens (tertiary/aromatic N) is 1. The molecule has 3 aliphatic rings. The third-order valence-corrected chi connectivity index (χ3v) is 3.60. The summed E-state index contributed by atoms with van der Waals surface area (Å²) in [4.78, 5) is 25.5. The largest absolute Gasteiger partial charge is 0.340 e. The van der Waals surface area contributed by atoms with E-state index in [1.165, 1.54) is 0 Å². The normalized spacial score (nSPS) is 25.9. The molecule has 3 rings (SSSR count). The molecule has 4 heteroatoms. The van der Waals surface area contributed by atoms with E-state index in [0.29, 0.717) is 6.54 Å². The molecule has 0 bridgehead atoms. The van der Waals surface area contributed by atoms with Crippen molar-refractivity contribution in [2.75, 3.05) is 13.1 Å². The second kappa shape index (κ2) is 3.72. The first-order chi connectivity index (χ1) is 8.20. The predicted octanol–water partition coefficient (Wildman–Crippen LogP) is 0.754. The first kappa shape index (κ1) is 10.6. The lowest BCUT2D eigenvalue weighted by Gasteiger charge is -2.33. The fraction of sp³-hybridized carbons (Fsp3) is 0.538. The summed E-state index contributed by atoms with van der Waals surface area (Å²) < 4.78 is 0. The van der Waals surface area contributed by atoms with E-state index < -0.39 is 5.54 Å². The number of amides is 2. The molecule has 0 aromatic rings. The van der Waals surface area contributed by atoms with Crippen LogP contribution < -0.4 is 5.32 Å². The zero-order chi connectivity index (χ0) is 11.9. The molecule has 1 aliphatic heterocycles. The Kier molecular flexibility index (Phi) is 2.31. The van der Waals surface area contributed by atoms with Crippen LogP contribution in [-0.4, -0.2) is 35.3 Å². The van der Waals surface area contributed by atoms with Gasteiger partial charge in [-0.05, 0) is 31.3 Å². The van der Waals surface area contributed by atoms with E-state index in [-0.39, 0.29) is 18.4 Å². The first-order valence-corrected chi connectivity index (χ1v) is 6.16. The van der Waals surface area contributed by atoms with Crippen molar-refractivity contribution in [1.29, 1.82) is 0 Å². The summed E-state index contributed by atoms with van der Waals surface area (Å²) in [6.07, 6.45) is 10.0. The summed E-state index contributed by atoms with van der Waals surface area (Å²) in [5, 5.41) is 2.82. The van der Waals surface area contributed by atoms with Gasteiger partial charge in [-0.2, -0.15) is 0 Å². The highest BCUT2D eigenvalue weighted by Gasteiger charge is 2.55. The zero-order valence-corrected chi connectivity index (χ0v) is 9.74. The maximum Gasteiger partial charge on any atom is 0.249 e. The summed E-state index contributed by atoms with van der Waals surface area (Å²) in [5.74, 6) is 0.0689. The topological polar surface area (TPSA) is 49.4 Å². The van der Waals surface area contributed by atoms with Crippen molar-refractivity contribution in [1.82, 2.24) is 10.2 Å². The third-order valence-electron chi connectivity index (χ3n) is 3.60. The Morgan fingerprint density at radius 2 is 2.12 bits per heavy atom. The van der Waals surface area contributed by atoms with Crippen molar-refractivity contribution in [2.24, 2.45) is 0 Å². The maximum absolute atomic E-state index is 12.2. The van der Waals surface area contributed by atoms with Gasteiger partial charge in [0.25, 0.3) is 0 Å². The predicted molar refractivity (Wildman–Crippen MR) is 63.1 cm³/mol. The van der Waals surface area contributed by atoms with Gasteiger partial charge < -0.3 is 10.2 Å². The Bertz CT molecular complexity index is 433. The minimum absolute atomic E-state index is 0.0255. The number of hydrogen-bond donors (Lipinski definition) is 1. The second-order valence-corrected chi connectivity index (χ2v) is 5.05. The molecule has 90 valence electrons. The SMILES string of the molecule is O=C1CN(CC2=CCCC=C2)C(=O)C2(CC2)N1. The van der Waals surface area contributed by atoms with E-state index in [0.717, 1.165) is 31.3 Å². The highest BCUT2D eigenvalue weighted by Crippen LogP contribution is 2.39. The Hall–Kier alpha value is -1.58. The molecular weight excluding hydrogens is 216 g/mol. The van der Waals surface area contributed by atoms with Gasteiger partial charge >= 0.3 is 0 Å². The van der Waals surface area contributed by atoms with Crippen LogP contribution >= 0.6 is 0 Å². The second-order valence-electron chi connectivity index (χ2n) is 5.05. The monoisotopic (exact) mass is 232 g/mol. The van der Waals surface area contributed by atoms with E-state index >= 15 is 0 Å². The van der Waals surface area contributed by atoms with Gasteiger partial charge in [-0.25, -0.2) is 0 Å². The minimum atomic E-state index is -0.533. The summed E-state index contributed by atoms with van der Waals surface area (Å²) in [7, 11) is 0. The molecule has 1 spiro atoms. The molecule has 0 unspecified atom stereocenters. The van der Waals surface area contributed by atoms with Gasteiger partial charge in [0, 0.05) is 6.54 Å². The fourth-order valence-corrected chi connectivity index (χ4v) is 2.50. The standard InChI is InChI=1S/C13H16N2O2/c16-11-9-15(8-10-4-2-1-3-5-10)12(17)13(14-11)6-7-13/h2,4-5H,1,3,6-9H2,(H,14,16). The number of carbonyl (C=O) groups excluding carboxylic acids is 2. The zero-order valence-electron chi connectivity index (χ0n) is 9.74. The van der Waals surface area contributed by atoms with Crippen molar-refractivity contribution < 1.29 is 9.59 Å². The molecule has 2 amide bonds. The van der Waals surface area contributed by atoms with Gasteiger partial charge in [0.2, 0.25) is 11.8 Å². The van der Waals surface area contributed by atoms with Crippen LogP contribution in [0.3, 0.4) is 0 Å². The number of allylic oxidation sites excluding steroid dienone is 2. The van der Waals surface area contributed by atoms with Crippen LogP contribution in [0.2, 0.25) is 0 Å². The van der Waals surface area contributed by atoms with Crippen molar-refractivity contribution in [3.63, 3.8) is 0 Å². The lowest BCUT2D eigenvalue weighted by atomic mass is 10.1. The minimum Gasteiger partial charge on any atom is -0.340 e. The number of piperazine rings is 1. The third kappa shape index (κ3) is 1.88. The number of nitrogens with one attached hydrogen (secondary N) is 1. The van der Waals surface area contributed by atoms with E-state index in [4.69, 9.17) is 0 Å². The van der Waals surface area contributed by atoms with E-state index in [9.17, 15) is 9.59 Å². The first-order valence-electron chi connectivity index (χ1n) is 6.16. The molecule has 2 aliphatic carbocycles. The Labute approximate surface area is 100 Å². The summed E-state index contributed by atoms with van der Waals surface area (Å²) >= 11 is 0. The molecule has 4 nitrogen and oxygen atoms in total. The summed E-state index contributed by atoms with van der Waals surface area (Å²) in [5.41, 5.74) is 0.615. The Morgan fingerprint density at radius 1 is 1.29 bits per heavy atom. The number of carbonyl (C=O) groups is 2. The van der Waals surface area contributed by atoms with Gasteiger partial charge in [0.15, 0.2) is 0 Å². The number of rotatable bonds is 2. The highest BCUT2D eigenvalue weighted by molar-refractivity contribution is 6.00. The summed E-state index contributed by atoms with van der Waals surface area (Å²) in [6.45, 7) is 0.774. The van der Waals surface area contributed by atoms with Crippen LogP contribution in [0, 0.1) is 0 Å². The van der Waals surface area contributed by atoms with E-state index in [2.05, 4.69) is 23.5 Å². The van der Waals surface area contributed by atoms with Crippen molar-refractivity contribution in [2.45, 2.75) is 31.2 Å². The quantitative estimate of drug-likeness (QED) is 0.764. The Balaban J connectivity index is 1.73. The smallest absolute Gasteiger partial charge is 0.249 e. The van der Waals surface area contributed by atoms with Crippen molar-refractivity contribution >= 4 is 11.8 Å². The molecule has 1 N–H and O–H groups in total. The van der Waals surface area contributed by atoms with E-state index in [1.807, 2.05) is 0 Å². The van der Waals surface area contributed by atoms with Crippen LogP contribution in [0.15, 0.2) is 23.8 Å². The molecule has 0 aromatic carbocycles. The van der Waals surface area contributed by atoms with Crippen LogP contribution in [0.5, 0.6) is 0 Å². The molecule has 2 fully saturated rings. The van der Waals surface area contributed by atoms with Crippen LogP contribution in [-0.2, 0) is 9.59 Å². The lowest BCUT2D eigenvalue weighted by Crippen LogP contribution is -2.60. The van der Waals surface area contributed by atoms with Crippen LogP contribution in [0.1, 0.15) is 25.7 Å². The van der Waals surface area contributed by atoms with Gasteiger partial charge in [0.05, 0.1) is 6.54 Å². The molecule has 17 heavy (non-hydrogen) atoms. The molecular formula is C13H16N2O2. The van der Waals surface area contributed by atoms with Gasteiger partial charge in [-0.3, -0.25) is 9.59 Å². The lowest BCUT2D eigenvalue weighted by molar-refractivity contribution is -0.145. The maximum atomic E-state index is 12.2. The van der Waals surface area contributed by atoms with Crippen LogP contribution in [0.4, 0.5) is 0 Å². The van der Waals surface area contributed by atoms with Gasteiger partial charge in [-0.15, -0.1) is 0 Å².